The van der Waals surface area contributed by atoms with E-state index in [9.17, 15) is 0 Å². The maximum absolute atomic E-state index is 3.73. The fraction of sp³-hybridized carbons (Fsp3) is 0.500. The van der Waals surface area contributed by atoms with Crippen LogP contribution in [0.15, 0.2) is 34.5 Å². The van der Waals surface area contributed by atoms with Gasteiger partial charge in [0.1, 0.15) is 0 Å². The Morgan fingerprint density at radius 3 is 2.04 bits per heavy atom. The molecule has 0 aliphatic heterocycles. The standard InChI is InChI=1S/C20H29Si.3ClH.Ti/c1-6-7-8-9-19-16(4)13-20(17(19)5)21-18-11-14(2)10-15(3)12-18;;;;/h10-12,17H,6-9,21H2,1-5H3;3*1H;/q-1;;;;+4/p-3. The van der Waals surface area contributed by atoms with Gasteiger partial charge in [0.05, 0.1) is 9.52 Å². The van der Waals surface area contributed by atoms with E-state index < -0.39 is 0 Å². The second-order valence-corrected chi connectivity index (χ2v) is 8.58. The number of allylic oxidation sites excluding steroid dienone is 4. The van der Waals surface area contributed by atoms with Crippen LogP contribution in [0.3, 0.4) is 0 Å². The molecule has 0 N–H and O–H groups in total. The average Bonchev–Trinajstić information content (AvgIpc) is 2.65. The van der Waals surface area contributed by atoms with Gasteiger partial charge >= 0.3 is 21.7 Å². The van der Waals surface area contributed by atoms with Gasteiger partial charge in [0.2, 0.25) is 0 Å². The summed E-state index contributed by atoms with van der Waals surface area (Å²) in [5, 5.41) is 3.19. The van der Waals surface area contributed by atoms with E-state index in [2.05, 4.69) is 58.9 Å². The van der Waals surface area contributed by atoms with Crippen LogP contribution < -0.4 is 42.4 Å². The van der Waals surface area contributed by atoms with Crippen LogP contribution in [-0.2, 0) is 21.7 Å². The Hall–Kier alpha value is 0.501. The predicted molar refractivity (Wildman–Crippen MR) is 96.9 cm³/mol. The van der Waals surface area contributed by atoms with Gasteiger partial charge in [-0.25, -0.2) is 11.1 Å². The Bertz CT molecular complexity index is 562. The Labute approximate surface area is 190 Å². The first-order valence-corrected chi connectivity index (χ1v) is 9.82. The number of hydrogen-bond acceptors (Lipinski definition) is 0. The molecule has 0 saturated carbocycles. The Balaban J connectivity index is -0.00000121. The summed E-state index contributed by atoms with van der Waals surface area (Å²) >= 11 is 0. The van der Waals surface area contributed by atoms with Crippen molar-refractivity contribution >= 4 is 14.7 Å². The van der Waals surface area contributed by atoms with Gasteiger partial charge in [0, 0.05) is 0 Å². The first kappa shape index (κ1) is 30.2. The van der Waals surface area contributed by atoms with Crippen LogP contribution in [0.5, 0.6) is 0 Å². The molecule has 1 aromatic carbocycles. The van der Waals surface area contributed by atoms with Gasteiger partial charge in [-0.05, 0) is 13.8 Å². The maximum atomic E-state index is 3.73. The summed E-state index contributed by atoms with van der Waals surface area (Å²) in [7, 11) is -0.353. The van der Waals surface area contributed by atoms with E-state index in [4.69, 9.17) is 0 Å². The van der Waals surface area contributed by atoms with Gasteiger partial charge in [-0.3, -0.25) is 6.08 Å². The fourth-order valence-electron chi connectivity index (χ4n) is 3.52. The molecule has 0 saturated heterocycles. The summed E-state index contributed by atoms with van der Waals surface area (Å²) < 4.78 is 0. The molecule has 0 fully saturated rings. The van der Waals surface area contributed by atoms with Gasteiger partial charge in [-0.15, -0.1) is 0 Å². The van der Waals surface area contributed by atoms with Crippen LogP contribution in [0.1, 0.15) is 57.6 Å². The minimum atomic E-state index is -0.353. The quantitative estimate of drug-likeness (QED) is 0.232. The molecule has 1 aromatic rings. The SMILES string of the molecule is CCCCCC1=C(C)[C-]=C([SiH2]c2cc(C)cc(C)c2)C1C.[Cl-].[Cl-].[Cl-].[Ti+4]. The second kappa shape index (κ2) is 14.5. The van der Waals surface area contributed by atoms with E-state index in [0.29, 0.717) is 5.92 Å². The van der Waals surface area contributed by atoms with Gasteiger partial charge in [-0.1, -0.05) is 86.9 Å². The fourth-order valence-corrected chi connectivity index (χ4v) is 5.72. The Morgan fingerprint density at radius 1 is 0.960 bits per heavy atom. The van der Waals surface area contributed by atoms with Crippen LogP contribution in [-0.4, -0.2) is 9.52 Å². The van der Waals surface area contributed by atoms with Crippen molar-refractivity contribution in [3.05, 3.63) is 51.7 Å². The van der Waals surface area contributed by atoms with Crippen LogP contribution in [0.4, 0.5) is 0 Å². The summed E-state index contributed by atoms with van der Waals surface area (Å²) in [4.78, 5) is 0. The minimum absolute atomic E-state index is 0. The predicted octanol–water partition coefficient (Wildman–Crippen LogP) is -4.66. The van der Waals surface area contributed by atoms with Crippen molar-refractivity contribution in [3.8, 4) is 0 Å². The van der Waals surface area contributed by atoms with Crippen molar-refractivity contribution in [2.24, 2.45) is 5.92 Å². The molecular formula is C20H29Cl3SiTi. The molecule has 1 aliphatic rings. The maximum Gasteiger partial charge on any atom is 4.00 e. The number of halogens is 3. The van der Waals surface area contributed by atoms with Crippen LogP contribution in [0.25, 0.3) is 0 Å². The zero-order valence-electron chi connectivity index (χ0n) is 16.0. The molecule has 0 aromatic heterocycles. The smallest absolute Gasteiger partial charge is 1.00 e. The molecular weight excluding hydrogens is 423 g/mol. The Morgan fingerprint density at radius 2 is 1.52 bits per heavy atom. The number of aryl methyl sites for hydroxylation is 2. The van der Waals surface area contributed by atoms with Crippen LogP contribution in [0.2, 0.25) is 0 Å². The topological polar surface area (TPSA) is 0 Å². The van der Waals surface area contributed by atoms with E-state index in [1.807, 2.05) is 0 Å². The molecule has 2 rings (SSSR count). The average molecular weight is 452 g/mol. The van der Waals surface area contributed by atoms with Crippen molar-refractivity contribution in [3.63, 3.8) is 0 Å². The molecule has 1 atom stereocenters. The second-order valence-electron chi connectivity index (χ2n) is 6.65. The number of hydrogen-bond donors (Lipinski definition) is 0. The van der Waals surface area contributed by atoms with Crippen molar-refractivity contribution < 1.29 is 58.9 Å². The third-order valence-electron chi connectivity index (χ3n) is 4.60. The first-order valence-electron chi connectivity index (χ1n) is 8.40. The zero-order chi connectivity index (χ0) is 15.4. The zero-order valence-corrected chi connectivity index (χ0v) is 21.2. The molecule has 0 bridgehead atoms. The van der Waals surface area contributed by atoms with E-state index >= 15 is 0 Å². The molecule has 0 radical (unpaired) electrons. The van der Waals surface area contributed by atoms with Crippen LogP contribution >= 0.6 is 0 Å². The van der Waals surface area contributed by atoms with Gasteiger partial charge in [0.15, 0.2) is 0 Å². The molecule has 25 heavy (non-hydrogen) atoms. The van der Waals surface area contributed by atoms with Crippen molar-refractivity contribution in [1.29, 1.82) is 0 Å². The molecule has 1 unspecified atom stereocenters. The van der Waals surface area contributed by atoms with E-state index in [0.717, 1.165) is 0 Å². The molecule has 0 heterocycles. The van der Waals surface area contributed by atoms with E-state index in [-0.39, 0.29) is 68.5 Å². The van der Waals surface area contributed by atoms with Crippen molar-refractivity contribution in [2.45, 2.75) is 60.3 Å². The Kier molecular flexibility index (Phi) is 17.6. The number of benzene rings is 1. The monoisotopic (exact) mass is 450 g/mol. The molecule has 0 amide bonds. The molecule has 138 valence electrons. The van der Waals surface area contributed by atoms with E-state index in [1.165, 1.54) is 42.4 Å². The minimum Gasteiger partial charge on any atom is -1.00 e. The van der Waals surface area contributed by atoms with Crippen molar-refractivity contribution in [2.75, 3.05) is 0 Å². The van der Waals surface area contributed by atoms with Crippen LogP contribution in [0, 0.1) is 25.8 Å². The normalized spacial score (nSPS) is 15.9. The van der Waals surface area contributed by atoms with Gasteiger partial charge in [-0.2, -0.15) is 5.20 Å². The molecule has 0 spiro atoms. The number of rotatable bonds is 6. The summed E-state index contributed by atoms with van der Waals surface area (Å²) in [6.07, 6.45) is 9.01. The molecule has 1 aliphatic carbocycles. The summed E-state index contributed by atoms with van der Waals surface area (Å²) in [6.45, 7) is 11.4. The summed E-state index contributed by atoms with van der Waals surface area (Å²) in [5.74, 6) is 0.648. The van der Waals surface area contributed by atoms with E-state index in [1.54, 1.807) is 16.0 Å². The third kappa shape index (κ3) is 8.82. The summed E-state index contributed by atoms with van der Waals surface area (Å²) in [6, 6.07) is 7.03. The molecule has 0 nitrogen and oxygen atoms in total. The number of unbranched alkanes of at least 4 members (excludes halogenated alkanes) is 2. The third-order valence-corrected chi connectivity index (χ3v) is 6.59. The van der Waals surface area contributed by atoms with Gasteiger partial charge < -0.3 is 37.2 Å². The largest absolute Gasteiger partial charge is 4.00 e. The summed E-state index contributed by atoms with van der Waals surface area (Å²) in [5.41, 5.74) is 5.90. The van der Waals surface area contributed by atoms with Gasteiger partial charge in [0.25, 0.3) is 0 Å². The molecule has 5 heteroatoms. The first-order chi connectivity index (χ1) is 10.0. The van der Waals surface area contributed by atoms with Crippen molar-refractivity contribution in [1.82, 2.24) is 0 Å².